The van der Waals surface area contributed by atoms with Crippen LogP contribution >= 0.6 is 0 Å². The number of ether oxygens (including phenoxy) is 2. The van der Waals surface area contributed by atoms with Crippen LogP contribution < -0.4 is 10.6 Å². The van der Waals surface area contributed by atoms with Crippen LogP contribution in [0.5, 0.6) is 0 Å². The van der Waals surface area contributed by atoms with E-state index in [1.54, 1.807) is 6.92 Å². The molecule has 0 aliphatic carbocycles. The fourth-order valence-electron chi connectivity index (χ4n) is 1.91. The minimum absolute atomic E-state index is 0.0444. The monoisotopic (exact) mass is 322 g/mol. The zero-order valence-corrected chi connectivity index (χ0v) is 12.3. The Balaban J connectivity index is 2.12. The van der Waals surface area contributed by atoms with E-state index in [2.05, 4.69) is 10.6 Å². The van der Waals surface area contributed by atoms with Gasteiger partial charge in [-0.1, -0.05) is 12.1 Å². The molecule has 0 unspecified atom stereocenters. The van der Waals surface area contributed by atoms with Crippen molar-refractivity contribution in [2.75, 3.05) is 19.8 Å². The largest absolute Gasteiger partial charge is 0.463 e. The normalized spacial score (nSPS) is 13.9. The van der Waals surface area contributed by atoms with E-state index in [9.17, 15) is 18.8 Å². The average molecular weight is 322 g/mol. The molecular formula is C15H15FN2O5. The van der Waals surface area contributed by atoms with Crippen LogP contribution in [0.25, 0.3) is 0 Å². The Morgan fingerprint density at radius 3 is 2.65 bits per heavy atom. The van der Waals surface area contributed by atoms with Crippen molar-refractivity contribution in [1.82, 2.24) is 10.6 Å². The fourth-order valence-corrected chi connectivity index (χ4v) is 1.91. The summed E-state index contributed by atoms with van der Waals surface area (Å²) in [5.74, 6) is -2.24. The second-order valence-electron chi connectivity index (χ2n) is 4.54. The van der Waals surface area contributed by atoms with Gasteiger partial charge in [-0.15, -0.1) is 0 Å². The number of carbonyl (C=O) groups excluding carboxylic acids is 3. The molecule has 0 fully saturated rings. The van der Waals surface area contributed by atoms with E-state index >= 15 is 0 Å². The highest BCUT2D eigenvalue weighted by molar-refractivity contribution is 5.94. The molecule has 23 heavy (non-hydrogen) atoms. The van der Waals surface area contributed by atoms with Crippen molar-refractivity contribution in [3.05, 3.63) is 46.9 Å². The van der Waals surface area contributed by atoms with Crippen molar-refractivity contribution in [2.45, 2.75) is 6.92 Å². The van der Waals surface area contributed by atoms with Gasteiger partial charge in [-0.05, 0) is 19.1 Å². The summed E-state index contributed by atoms with van der Waals surface area (Å²) < 4.78 is 23.3. The third-order valence-electron chi connectivity index (χ3n) is 3.02. The van der Waals surface area contributed by atoms with Crippen LogP contribution in [-0.2, 0) is 14.3 Å². The van der Waals surface area contributed by atoms with Gasteiger partial charge in [0.2, 0.25) is 0 Å². The lowest BCUT2D eigenvalue weighted by Gasteiger charge is -2.21. The molecule has 1 aliphatic rings. The minimum atomic E-state index is -0.897. The van der Waals surface area contributed by atoms with E-state index in [1.165, 1.54) is 18.2 Å². The van der Waals surface area contributed by atoms with Crippen molar-refractivity contribution in [3.8, 4) is 0 Å². The van der Waals surface area contributed by atoms with Gasteiger partial charge in [0.05, 0.1) is 30.0 Å². The number of rotatable bonds is 5. The molecular weight excluding hydrogens is 307 g/mol. The van der Waals surface area contributed by atoms with Crippen molar-refractivity contribution < 1.29 is 28.2 Å². The van der Waals surface area contributed by atoms with Gasteiger partial charge in [-0.2, -0.15) is 0 Å². The molecule has 0 bridgehead atoms. The fraction of sp³-hybridized carbons (Fsp3) is 0.267. The minimum Gasteiger partial charge on any atom is -0.463 e. The zero-order chi connectivity index (χ0) is 16.8. The molecule has 8 heteroatoms. The van der Waals surface area contributed by atoms with Crippen LogP contribution in [0.4, 0.5) is 9.18 Å². The number of amides is 2. The highest BCUT2D eigenvalue weighted by atomic mass is 19.1. The van der Waals surface area contributed by atoms with Crippen LogP contribution in [-0.4, -0.2) is 37.7 Å². The highest BCUT2D eigenvalue weighted by Crippen LogP contribution is 2.12. The molecule has 1 aromatic rings. The Bertz CT molecular complexity index is 672. The molecule has 2 N–H and O–H groups in total. The van der Waals surface area contributed by atoms with E-state index in [0.29, 0.717) is 0 Å². The van der Waals surface area contributed by atoms with E-state index in [1.807, 2.05) is 0 Å². The number of nitrogens with one attached hydrogen (secondary N) is 2. The number of halogens is 1. The summed E-state index contributed by atoms with van der Waals surface area (Å²) in [4.78, 5) is 35.0. The summed E-state index contributed by atoms with van der Waals surface area (Å²) in [6.45, 7) is 1.38. The van der Waals surface area contributed by atoms with E-state index in [-0.39, 0.29) is 36.6 Å². The standard InChI is InChI=1S/C15H15FN2O5/c1-2-22-14(20)10-7-17-15(21)18-12(10)8-23-13(19)9-5-3-4-6-11(9)16/h3-6H,2,7-8H2,1H3,(H2,17,18,21). The molecule has 2 amide bonds. The molecule has 0 aromatic heterocycles. The maximum atomic E-state index is 13.5. The summed E-state index contributed by atoms with van der Waals surface area (Å²) >= 11 is 0. The maximum absolute atomic E-state index is 13.5. The lowest BCUT2D eigenvalue weighted by molar-refractivity contribution is -0.138. The van der Waals surface area contributed by atoms with E-state index in [4.69, 9.17) is 9.47 Å². The molecule has 0 spiro atoms. The molecule has 0 radical (unpaired) electrons. The quantitative estimate of drug-likeness (QED) is 0.792. The first-order valence-electron chi connectivity index (χ1n) is 6.88. The van der Waals surface area contributed by atoms with Gasteiger partial charge in [0.15, 0.2) is 0 Å². The first kappa shape index (κ1) is 16.5. The number of urea groups is 1. The number of hydrogen-bond donors (Lipinski definition) is 2. The van der Waals surface area contributed by atoms with Crippen LogP contribution in [0.3, 0.4) is 0 Å². The highest BCUT2D eigenvalue weighted by Gasteiger charge is 2.25. The third-order valence-corrected chi connectivity index (χ3v) is 3.02. The zero-order valence-electron chi connectivity index (χ0n) is 12.3. The Morgan fingerprint density at radius 2 is 1.96 bits per heavy atom. The summed E-state index contributed by atoms with van der Waals surface area (Å²) in [7, 11) is 0. The van der Waals surface area contributed by atoms with Crippen LogP contribution in [0, 0.1) is 5.82 Å². The average Bonchev–Trinajstić information content (AvgIpc) is 2.53. The number of benzene rings is 1. The first-order valence-corrected chi connectivity index (χ1v) is 6.88. The molecule has 1 aromatic carbocycles. The molecule has 0 atom stereocenters. The summed E-state index contributed by atoms with van der Waals surface area (Å²) in [6.07, 6.45) is 0. The predicted molar refractivity (Wildman–Crippen MR) is 76.9 cm³/mol. The van der Waals surface area contributed by atoms with Crippen LogP contribution in [0.15, 0.2) is 35.5 Å². The van der Waals surface area contributed by atoms with Gasteiger partial charge in [-0.3, -0.25) is 0 Å². The van der Waals surface area contributed by atoms with Gasteiger partial charge in [-0.25, -0.2) is 18.8 Å². The van der Waals surface area contributed by atoms with Crippen LogP contribution in [0.2, 0.25) is 0 Å². The third kappa shape index (κ3) is 4.06. The summed E-state index contributed by atoms with van der Waals surface area (Å²) in [6, 6.07) is 4.82. The number of hydrogen-bond acceptors (Lipinski definition) is 5. The van der Waals surface area contributed by atoms with Crippen molar-refractivity contribution >= 4 is 18.0 Å². The first-order chi connectivity index (χ1) is 11.0. The van der Waals surface area contributed by atoms with Gasteiger partial charge < -0.3 is 20.1 Å². The number of carbonyl (C=O) groups is 3. The van der Waals surface area contributed by atoms with Crippen molar-refractivity contribution in [3.63, 3.8) is 0 Å². The molecule has 7 nitrogen and oxygen atoms in total. The van der Waals surface area contributed by atoms with Crippen molar-refractivity contribution in [1.29, 1.82) is 0 Å². The predicted octanol–water partition coefficient (Wildman–Crippen LogP) is 1.11. The van der Waals surface area contributed by atoms with E-state index in [0.717, 1.165) is 6.07 Å². The molecule has 1 aliphatic heterocycles. The van der Waals surface area contributed by atoms with Crippen molar-refractivity contribution in [2.24, 2.45) is 0 Å². The Labute approximate surface area is 131 Å². The van der Waals surface area contributed by atoms with Gasteiger partial charge in [0, 0.05) is 0 Å². The van der Waals surface area contributed by atoms with Crippen LogP contribution in [0.1, 0.15) is 17.3 Å². The molecule has 0 saturated heterocycles. The Hall–Kier alpha value is -2.90. The second-order valence-corrected chi connectivity index (χ2v) is 4.54. The van der Waals surface area contributed by atoms with E-state index < -0.39 is 23.8 Å². The lowest BCUT2D eigenvalue weighted by atomic mass is 10.1. The SMILES string of the molecule is CCOC(=O)C1=C(COC(=O)c2ccccc2F)NC(=O)NC1. The van der Waals surface area contributed by atoms with Gasteiger partial charge >= 0.3 is 18.0 Å². The molecule has 122 valence electrons. The van der Waals surface area contributed by atoms with Gasteiger partial charge in [0.25, 0.3) is 0 Å². The Kier molecular flexibility index (Phi) is 5.29. The summed E-state index contributed by atoms with van der Waals surface area (Å²) in [5, 5.41) is 4.81. The molecule has 2 rings (SSSR count). The second kappa shape index (κ2) is 7.39. The van der Waals surface area contributed by atoms with Gasteiger partial charge in [0.1, 0.15) is 12.4 Å². The summed E-state index contributed by atoms with van der Waals surface area (Å²) in [5.41, 5.74) is 0.0238. The topological polar surface area (TPSA) is 93.7 Å². The molecule has 0 saturated carbocycles. The lowest BCUT2D eigenvalue weighted by Crippen LogP contribution is -2.45. The smallest absolute Gasteiger partial charge is 0.341 e. The Morgan fingerprint density at radius 1 is 1.22 bits per heavy atom. The molecule has 1 heterocycles. The number of esters is 2. The maximum Gasteiger partial charge on any atom is 0.341 e.